The monoisotopic (exact) mass is 311 g/mol. The van der Waals surface area contributed by atoms with Crippen LogP contribution in [0.25, 0.3) is 0 Å². The number of nitrogens with zero attached hydrogens (tertiary/aromatic N) is 2. The Kier molecular flexibility index (Phi) is 3.63. The van der Waals surface area contributed by atoms with Crippen LogP contribution in [-0.4, -0.2) is 16.0 Å². The normalized spacial score (nSPS) is 25.8. The minimum Gasteiger partial charge on any atom is -0.366 e. The molecule has 0 spiro atoms. The van der Waals surface area contributed by atoms with Gasteiger partial charge in [0.1, 0.15) is 0 Å². The number of primary amides is 1. The molecule has 5 nitrogen and oxygen atoms in total. The molecule has 1 aromatic carbocycles. The molecule has 2 aliphatic rings. The maximum absolute atomic E-state index is 11.1. The van der Waals surface area contributed by atoms with Crippen LogP contribution in [0.3, 0.4) is 0 Å². The maximum Gasteiger partial charge on any atom is 0.248 e. The predicted molar refractivity (Wildman–Crippen MR) is 84.9 cm³/mol. The molecule has 3 unspecified atom stereocenters. The average Bonchev–Trinajstić information content (AvgIpc) is 3.22. The molecule has 0 saturated heterocycles. The minimum absolute atomic E-state index is 0.399. The number of hydrogen-bond donors (Lipinski definition) is 1. The van der Waals surface area contributed by atoms with Crippen molar-refractivity contribution >= 4 is 5.91 Å². The summed E-state index contributed by atoms with van der Waals surface area (Å²) < 4.78 is 5.43. The summed E-state index contributed by atoms with van der Waals surface area (Å²) >= 11 is 0. The molecule has 2 aliphatic carbocycles. The summed E-state index contributed by atoms with van der Waals surface area (Å²) in [5.41, 5.74) is 6.91. The Labute approximate surface area is 135 Å². The molecule has 2 saturated carbocycles. The molecule has 4 rings (SSSR count). The molecule has 2 aromatic rings. The lowest BCUT2D eigenvalue weighted by Gasteiger charge is -2.17. The van der Waals surface area contributed by atoms with E-state index in [9.17, 15) is 4.79 Å². The molecule has 2 N–H and O–H groups in total. The van der Waals surface area contributed by atoms with E-state index in [0.717, 1.165) is 36.1 Å². The highest BCUT2D eigenvalue weighted by atomic mass is 16.5. The largest absolute Gasteiger partial charge is 0.366 e. The maximum atomic E-state index is 11.1. The topological polar surface area (TPSA) is 82.0 Å². The van der Waals surface area contributed by atoms with E-state index in [1.165, 1.54) is 25.7 Å². The van der Waals surface area contributed by atoms with Crippen LogP contribution in [0, 0.1) is 11.8 Å². The number of carbonyl (C=O) groups excluding carboxylic acids is 1. The second-order valence-corrected chi connectivity index (χ2v) is 6.80. The first kappa shape index (κ1) is 14.4. The van der Waals surface area contributed by atoms with Gasteiger partial charge in [-0.2, -0.15) is 4.98 Å². The molecule has 23 heavy (non-hydrogen) atoms. The highest BCUT2D eigenvalue weighted by Gasteiger charge is 2.47. The van der Waals surface area contributed by atoms with E-state index in [1.54, 1.807) is 12.1 Å². The van der Waals surface area contributed by atoms with E-state index in [1.807, 2.05) is 12.1 Å². The number of fused-ring (bicyclic) bond motifs is 1. The second-order valence-electron chi connectivity index (χ2n) is 6.80. The SMILES string of the molecule is NC(=O)c1ccc(CCc2nc(C3CCCC4CC43)no2)cc1. The molecule has 0 radical (unpaired) electrons. The third kappa shape index (κ3) is 3.00. The van der Waals surface area contributed by atoms with E-state index < -0.39 is 5.91 Å². The van der Waals surface area contributed by atoms with Crippen LogP contribution in [0.1, 0.15) is 59.2 Å². The van der Waals surface area contributed by atoms with Crippen LogP contribution in [0.5, 0.6) is 0 Å². The van der Waals surface area contributed by atoms with E-state index in [-0.39, 0.29) is 0 Å². The zero-order chi connectivity index (χ0) is 15.8. The van der Waals surface area contributed by atoms with Crippen molar-refractivity contribution < 1.29 is 9.32 Å². The number of amides is 1. The van der Waals surface area contributed by atoms with Gasteiger partial charge in [-0.05, 0) is 48.8 Å². The van der Waals surface area contributed by atoms with Crippen LogP contribution >= 0.6 is 0 Å². The summed E-state index contributed by atoms with van der Waals surface area (Å²) in [4.78, 5) is 15.7. The van der Waals surface area contributed by atoms with Gasteiger partial charge in [0.15, 0.2) is 5.82 Å². The van der Waals surface area contributed by atoms with Gasteiger partial charge in [0.2, 0.25) is 11.8 Å². The lowest BCUT2D eigenvalue weighted by atomic mass is 9.88. The summed E-state index contributed by atoms with van der Waals surface area (Å²) in [7, 11) is 0. The van der Waals surface area contributed by atoms with Gasteiger partial charge < -0.3 is 10.3 Å². The number of hydrogen-bond acceptors (Lipinski definition) is 4. The minimum atomic E-state index is -0.399. The zero-order valence-electron chi connectivity index (χ0n) is 13.1. The molecule has 120 valence electrons. The molecule has 1 heterocycles. The summed E-state index contributed by atoms with van der Waals surface area (Å²) in [5.74, 6) is 3.46. The van der Waals surface area contributed by atoms with Gasteiger partial charge in [0.25, 0.3) is 0 Å². The number of benzene rings is 1. The third-order valence-electron chi connectivity index (χ3n) is 5.27. The third-order valence-corrected chi connectivity index (χ3v) is 5.27. The highest BCUT2D eigenvalue weighted by molar-refractivity contribution is 5.92. The Balaban J connectivity index is 1.37. The summed E-state index contributed by atoms with van der Waals surface area (Å²) in [5, 5.41) is 4.22. The second kappa shape index (κ2) is 5.80. The van der Waals surface area contributed by atoms with E-state index >= 15 is 0 Å². The van der Waals surface area contributed by atoms with Crippen LogP contribution < -0.4 is 5.73 Å². The number of aryl methyl sites for hydroxylation is 2. The Morgan fingerprint density at radius 3 is 2.83 bits per heavy atom. The first-order chi connectivity index (χ1) is 11.2. The number of aromatic nitrogens is 2. The summed E-state index contributed by atoms with van der Waals surface area (Å²) in [6.07, 6.45) is 6.77. The fourth-order valence-electron chi connectivity index (χ4n) is 3.84. The van der Waals surface area contributed by atoms with Crippen molar-refractivity contribution in [3.05, 3.63) is 47.1 Å². The summed E-state index contributed by atoms with van der Waals surface area (Å²) in [6.45, 7) is 0. The molecule has 0 bridgehead atoms. The van der Waals surface area contributed by atoms with Crippen LogP contribution in [0.2, 0.25) is 0 Å². The molecular weight excluding hydrogens is 290 g/mol. The standard InChI is InChI=1S/C18H21N3O2/c19-17(22)12-7-4-11(5-8-12)6-9-16-20-18(21-23-16)14-3-1-2-13-10-15(13)14/h4-5,7-8,13-15H,1-3,6,9-10H2,(H2,19,22). The smallest absolute Gasteiger partial charge is 0.248 e. The van der Waals surface area contributed by atoms with Crippen LogP contribution in [0.15, 0.2) is 28.8 Å². The number of rotatable bonds is 5. The van der Waals surface area contributed by atoms with Gasteiger partial charge in [-0.15, -0.1) is 0 Å². The van der Waals surface area contributed by atoms with E-state index in [2.05, 4.69) is 10.1 Å². The first-order valence-corrected chi connectivity index (χ1v) is 8.42. The summed E-state index contributed by atoms with van der Waals surface area (Å²) in [6, 6.07) is 7.36. The van der Waals surface area contributed by atoms with Gasteiger partial charge in [0, 0.05) is 17.9 Å². The fraction of sp³-hybridized carbons (Fsp3) is 0.500. The number of nitrogens with two attached hydrogens (primary N) is 1. The fourth-order valence-corrected chi connectivity index (χ4v) is 3.84. The lowest BCUT2D eigenvalue weighted by Crippen LogP contribution is -2.10. The average molecular weight is 311 g/mol. The number of carbonyl (C=O) groups is 1. The van der Waals surface area contributed by atoms with Crippen molar-refractivity contribution in [1.82, 2.24) is 10.1 Å². The quantitative estimate of drug-likeness (QED) is 0.920. The van der Waals surface area contributed by atoms with Gasteiger partial charge in [-0.3, -0.25) is 4.79 Å². The molecule has 5 heteroatoms. The molecule has 3 atom stereocenters. The molecule has 2 fully saturated rings. The van der Waals surface area contributed by atoms with Crippen molar-refractivity contribution in [2.75, 3.05) is 0 Å². The van der Waals surface area contributed by atoms with Crippen molar-refractivity contribution in [1.29, 1.82) is 0 Å². The Bertz CT molecular complexity index is 707. The first-order valence-electron chi connectivity index (χ1n) is 8.42. The van der Waals surface area contributed by atoms with Crippen molar-refractivity contribution in [2.24, 2.45) is 17.6 Å². The molecule has 0 aliphatic heterocycles. The van der Waals surface area contributed by atoms with Crippen molar-refractivity contribution in [2.45, 2.75) is 44.4 Å². The lowest BCUT2D eigenvalue weighted by molar-refractivity contribution is 0.100. The van der Waals surface area contributed by atoms with Crippen molar-refractivity contribution in [3.63, 3.8) is 0 Å². The van der Waals surface area contributed by atoms with Crippen molar-refractivity contribution in [3.8, 4) is 0 Å². The van der Waals surface area contributed by atoms with E-state index in [0.29, 0.717) is 17.4 Å². The Hall–Kier alpha value is -2.17. The van der Waals surface area contributed by atoms with Gasteiger partial charge in [-0.1, -0.05) is 30.1 Å². The molecule has 1 aromatic heterocycles. The molecular formula is C18H21N3O2. The molecule has 1 amide bonds. The van der Waals surface area contributed by atoms with Crippen LogP contribution in [-0.2, 0) is 12.8 Å². The van der Waals surface area contributed by atoms with E-state index in [4.69, 9.17) is 10.3 Å². The van der Waals surface area contributed by atoms with Gasteiger partial charge in [-0.25, -0.2) is 0 Å². The zero-order valence-corrected chi connectivity index (χ0v) is 13.1. The Morgan fingerprint density at radius 2 is 2.04 bits per heavy atom. The predicted octanol–water partition coefficient (Wildman–Crippen LogP) is 2.86. The van der Waals surface area contributed by atoms with Gasteiger partial charge >= 0.3 is 0 Å². The van der Waals surface area contributed by atoms with Crippen LogP contribution in [0.4, 0.5) is 0 Å². The van der Waals surface area contributed by atoms with Gasteiger partial charge in [0.05, 0.1) is 0 Å². The Morgan fingerprint density at radius 1 is 1.22 bits per heavy atom. The highest BCUT2D eigenvalue weighted by Crippen LogP contribution is 2.55.